The van der Waals surface area contributed by atoms with Crippen molar-refractivity contribution in [3.63, 3.8) is 0 Å². The number of hydrogen-bond acceptors (Lipinski definition) is 6. The Morgan fingerprint density at radius 3 is 2.74 bits per heavy atom. The number of thioether (sulfide) groups is 1. The third kappa shape index (κ3) is 5.52. The largest absolute Gasteiger partial charge is 0.487 e. The fourth-order valence-corrected chi connectivity index (χ4v) is 2.66. The average Bonchev–Trinajstić information content (AvgIpc) is 2.69. The molecular formula is C12H18N2O3S2. The molecule has 5 nitrogen and oxygen atoms in total. The number of hydrogen-bond donors (Lipinski definition) is 1. The van der Waals surface area contributed by atoms with E-state index in [4.69, 9.17) is 9.47 Å². The summed E-state index contributed by atoms with van der Waals surface area (Å²) in [4.78, 5) is 11.4. The Bertz CT molecular complexity index is 464. The number of rotatable bonds is 4. The highest BCUT2D eigenvalue weighted by Gasteiger charge is 2.15. The van der Waals surface area contributed by atoms with E-state index in [1.54, 1.807) is 45.9 Å². The summed E-state index contributed by atoms with van der Waals surface area (Å²) >= 11 is 3.17. The summed E-state index contributed by atoms with van der Waals surface area (Å²) in [5, 5.41) is 4.61. The summed E-state index contributed by atoms with van der Waals surface area (Å²) in [6.07, 6.45) is 2.95. The maximum absolute atomic E-state index is 11.4. The molecular weight excluding hydrogens is 284 g/mol. The molecule has 7 heteroatoms. The molecule has 0 aliphatic heterocycles. The van der Waals surface area contributed by atoms with Crippen LogP contribution in [-0.4, -0.2) is 31.3 Å². The minimum atomic E-state index is -0.581. The summed E-state index contributed by atoms with van der Waals surface area (Å²) in [6, 6.07) is 1.95. The first-order valence-corrected chi connectivity index (χ1v) is 7.63. The minimum Gasteiger partial charge on any atom is -0.487 e. The molecule has 106 valence electrons. The predicted molar refractivity (Wildman–Crippen MR) is 79.6 cm³/mol. The van der Waals surface area contributed by atoms with Gasteiger partial charge in [-0.1, -0.05) is 11.3 Å². The van der Waals surface area contributed by atoms with Gasteiger partial charge in [0.2, 0.25) is 0 Å². The molecule has 0 fully saturated rings. The topological polar surface area (TPSA) is 59.9 Å². The van der Waals surface area contributed by atoms with Gasteiger partial charge in [0.25, 0.3) is 0 Å². The molecule has 1 heterocycles. The Morgan fingerprint density at radius 2 is 2.21 bits per heavy atom. The van der Waals surface area contributed by atoms with Crippen LogP contribution in [0.5, 0.6) is 5.06 Å². The monoisotopic (exact) mass is 302 g/mol. The second-order valence-corrected chi connectivity index (χ2v) is 6.71. The van der Waals surface area contributed by atoms with Gasteiger partial charge in [0.05, 0.1) is 17.5 Å². The van der Waals surface area contributed by atoms with Crippen LogP contribution in [0.2, 0.25) is 0 Å². The standard InChI is InChI=1S/C12H18N2O3S2/c1-12(2,3)17-11(15)14-13-7-8-6-9(18-5)19-10(8)16-4/h6-7H,1-5H3,(H,14,15)/b13-7+. The van der Waals surface area contributed by atoms with Gasteiger partial charge in [0, 0.05) is 5.56 Å². The van der Waals surface area contributed by atoms with Gasteiger partial charge in [-0.15, -0.1) is 11.8 Å². The van der Waals surface area contributed by atoms with Gasteiger partial charge in [-0.2, -0.15) is 5.10 Å². The molecule has 0 unspecified atom stereocenters. The highest BCUT2D eigenvalue weighted by Crippen LogP contribution is 2.34. The number of amides is 1. The lowest BCUT2D eigenvalue weighted by atomic mass is 10.2. The third-order valence-electron chi connectivity index (χ3n) is 1.85. The van der Waals surface area contributed by atoms with Crippen molar-refractivity contribution in [2.24, 2.45) is 5.10 Å². The van der Waals surface area contributed by atoms with Crippen LogP contribution in [0.1, 0.15) is 26.3 Å². The van der Waals surface area contributed by atoms with E-state index in [-0.39, 0.29) is 0 Å². The van der Waals surface area contributed by atoms with Crippen LogP contribution in [0.15, 0.2) is 15.4 Å². The van der Waals surface area contributed by atoms with E-state index in [0.717, 1.165) is 14.8 Å². The summed E-state index contributed by atoms with van der Waals surface area (Å²) < 4.78 is 11.4. The molecule has 0 radical (unpaired) electrons. The fourth-order valence-electron chi connectivity index (χ4n) is 1.17. The van der Waals surface area contributed by atoms with Crippen molar-refractivity contribution in [1.82, 2.24) is 5.43 Å². The molecule has 0 spiro atoms. The van der Waals surface area contributed by atoms with E-state index in [1.165, 1.54) is 11.3 Å². The normalized spacial score (nSPS) is 11.6. The number of nitrogens with one attached hydrogen (secondary N) is 1. The van der Waals surface area contributed by atoms with Crippen LogP contribution in [0, 0.1) is 0 Å². The maximum Gasteiger partial charge on any atom is 0.428 e. The van der Waals surface area contributed by atoms with E-state index < -0.39 is 11.7 Å². The summed E-state index contributed by atoms with van der Waals surface area (Å²) in [7, 11) is 1.61. The number of methoxy groups -OCH3 is 1. The zero-order valence-electron chi connectivity index (χ0n) is 11.6. The zero-order chi connectivity index (χ0) is 14.5. The van der Waals surface area contributed by atoms with E-state index in [1.807, 2.05) is 12.3 Å². The van der Waals surface area contributed by atoms with Crippen molar-refractivity contribution in [2.75, 3.05) is 13.4 Å². The average molecular weight is 302 g/mol. The lowest BCUT2D eigenvalue weighted by Crippen LogP contribution is -2.29. The van der Waals surface area contributed by atoms with Crippen molar-refractivity contribution >= 4 is 35.4 Å². The molecule has 0 bridgehead atoms. The number of thiophene rings is 1. The van der Waals surface area contributed by atoms with Crippen molar-refractivity contribution in [1.29, 1.82) is 0 Å². The maximum atomic E-state index is 11.4. The Labute approximate surface area is 121 Å². The first-order valence-electron chi connectivity index (χ1n) is 5.59. The van der Waals surface area contributed by atoms with Gasteiger partial charge in [-0.05, 0) is 33.1 Å². The Kier molecular flexibility index (Phi) is 5.68. The van der Waals surface area contributed by atoms with Crippen LogP contribution < -0.4 is 10.2 Å². The number of carbonyl (C=O) groups excluding carboxylic acids is 1. The minimum absolute atomic E-state index is 0.536. The van der Waals surface area contributed by atoms with Crippen molar-refractivity contribution < 1.29 is 14.3 Å². The Morgan fingerprint density at radius 1 is 1.53 bits per heavy atom. The van der Waals surface area contributed by atoms with Crippen LogP contribution in [0.25, 0.3) is 0 Å². The predicted octanol–water partition coefficient (Wildman–Crippen LogP) is 3.34. The Hall–Kier alpha value is -1.21. The summed E-state index contributed by atoms with van der Waals surface area (Å²) in [5.74, 6) is 0. The highest BCUT2D eigenvalue weighted by molar-refractivity contribution is 8.00. The SMILES string of the molecule is COc1sc(SC)cc1/C=N/NC(=O)OC(C)(C)C. The molecule has 0 atom stereocenters. The zero-order valence-corrected chi connectivity index (χ0v) is 13.3. The summed E-state index contributed by atoms with van der Waals surface area (Å²) in [5.41, 5.74) is 2.61. The third-order valence-corrected chi connectivity index (χ3v) is 4.02. The molecule has 1 N–H and O–H groups in total. The molecule has 0 saturated carbocycles. The van der Waals surface area contributed by atoms with E-state index in [2.05, 4.69) is 10.5 Å². The van der Waals surface area contributed by atoms with Gasteiger partial charge in [-0.3, -0.25) is 0 Å². The van der Waals surface area contributed by atoms with E-state index in [0.29, 0.717) is 0 Å². The van der Waals surface area contributed by atoms with Crippen LogP contribution in [0.4, 0.5) is 4.79 Å². The number of nitrogens with zero attached hydrogens (tertiary/aromatic N) is 1. The quantitative estimate of drug-likeness (QED) is 0.526. The molecule has 0 saturated heterocycles. The first kappa shape index (κ1) is 15.8. The molecule has 0 aromatic carbocycles. The highest BCUT2D eigenvalue weighted by atomic mass is 32.2. The van der Waals surface area contributed by atoms with Gasteiger partial charge in [-0.25, -0.2) is 10.2 Å². The van der Waals surface area contributed by atoms with Gasteiger partial charge in [0.15, 0.2) is 5.06 Å². The number of hydrazone groups is 1. The van der Waals surface area contributed by atoms with Crippen LogP contribution in [0.3, 0.4) is 0 Å². The summed E-state index contributed by atoms with van der Waals surface area (Å²) in [6.45, 7) is 5.38. The molecule has 1 amide bonds. The van der Waals surface area contributed by atoms with Gasteiger partial charge in [0.1, 0.15) is 5.60 Å². The van der Waals surface area contributed by atoms with Crippen LogP contribution >= 0.6 is 23.1 Å². The molecule has 1 rings (SSSR count). The van der Waals surface area contributed by atoms with Crippen LogP contribution in [-0.2, 0) is 4.74 Å². The van der Waals surface area contributed by atoms with Crippen molar-refractivity contribution in [3.8, 4) is 5.06 Å². The molecule has 0 aliphatic carbocycles. The van der Waals surface area contributed by atoms with Crippen molar-refractivity contribution in [2.45, 2.75) is 30.6 Å². The first-order chi connectivity index (χ1) is 8.85. The fraction of sp³-hybridized carbons (Fsp3) is 0.500. The molecule has 19 heavy (non-hydrogen) atoms. The lowest BCUT2D eigenvalue weighted by Gasteiger charge is -2.18. The number of carbonyl (C=O) groups is 1. The Balaban J connectivity index is 2.62. The molecule has 1 aromatic rings. The second kappa shape index (κ2) is 6.81. The second-order valence-electron chi connectivity index (χ2n) is 4.59. The van der Waals surface area contributed by atoms with Gasteiger partial charge < -0.3 is 9.47 Å². The lowest BCUT2D eigenvalue weighted by molar-refractivity contribution is 0.0529. The van der Waals surface area contributed by atoms with E-state index in [9.17, 15) is 4.79 Å². The number of ether oxygens (including phenoxy) is 2. The molecule has 1 aromatic heterocycles. The van der Waals surface area contributed by atoms with E-state index >= 15 is 0 Å². The smallest absolute Gasteiger partial charge is 0.428 e. The van der Waals surface area contributed by atoms with Gasteiger partial charge >= 0.3 is 6.09 Å². The molecule has 0 aliphatic rings. The van der Waals surface area contributed by atoms with Crippen molar-refractivity contribution in [3.05, 3.63) is 11.6 Å².